The van der Waals surface area contributed by atoms with Gasteiger partial charge in [-0.1, -0.05) is 12.1 Å². The summed E-state index contributed by atoms with van der Waals surface area (Å²) in [4.78, 5) is 12.1. The van der Waals surface area contributed by atoms with Crippen molar-refractivity contribution in [3.63, 3.8) is 0 Å². The standard InChI is InChI=1S/C12H14O6S/c1-3-16-11(13)12(8-17-19(14)18-12)9-4-6-10(15-2)7-5-9/h4-7H,3,8H2,1-2H3/t12-,19?/m1/s1. The summed E-state index contributed by atoms with van der Waals surface area (Å²) >= 11 is -1.96. The number of esters is 1. The predicted octanol–water partition coefficient (Wildman–Crippen LogP) is 1.08. The van der Waals surface area contributed by atoms with Crippen LogP contribution in [-0.2, 0) is 34.9 Å². The molecule has 2 rings (SSSR count). The zero-order chi connectivity index (χ0) is 13.9. The number of benzene rings is 1. The van der Waals surface area contributed by atoms with Crippen molar-refractivity contribution in [2.24, 2.45) is 0 Å². The van der Waals surface area contributed by atoms with Gasteiger partial charge >= 0.3 is 17.3 Å². The molecule has 1 aliphatic rings. The van der Waals surface area contributed by atoms with Crippen LogP contribution >= 0.6 is 0 Å². The van der Waals surface area contributed by atoms with E-state index < -0.39 is 22.9 Å². The number of carbonyl (C=O) groups is 1. The minimum absolute atomic E-state index is 0.148. The molecule has 19 heavy (non-hydrogen) atoms. The molecule has 7 heteroatoms. The smallest absolute Gasteiger partial charge is 0.347 e. The molecule has 0 spiro atoms. The van der Waals surface area contributed by atoms with Crippen molar-refractivity contribution in [2.45, 2.75) is 12.5 Å². The first-order chi connectivity index (χ1) is 9.12. The maximum Gasteiger partial charge on any atom is 0.347 e. The molecule has 0 N–H and O–H groups in total. The van der Waals surface area contributed by atoms with Crippen molar-refractivity contribution < 1.29 is 26.8 Å². The quantitative estimate of drug-likeness (QED) is 0.771. The lowest BCUT2D eigenvalue weighted by Crippen LogP contribution is -2.39. The molecular formula is C12H14O6S. The Labute approximate surface area is 113 Å². The summed E-state index contributed by atoms with van der Waals surface area (Å²) in [5.74, 6) is 0.0220. The van der Waals surface area contributed by atoms with Crippen molar-refractivity contribution in [1.29, 1.82) is 0 Å². The molecular weight excluding hydrogens is 272 g/mol. The van der Waals surface area contributed by atoms with Crippen LogP contribution in [0.15, 0.2) is 24.3 Å². The van der Waals surface area contributed by atoms with E-state index >= 15 is 0 Å². The van der Waals surface area contributed by atoms with E-state index in [1.165, 1.54) is 0 Å². The van der Waals surface area contributed by atoms with Crippen LogP contribution in [0, 0.1) is 0 Å². The van der Waals surface area contributed by atoms with Crippen LogP contribution < -0.4 is 4.74 Å². The number of hydrogen-bond acceptors (Lipinski definition) is 6. The second kappa shape index (κ2) is 5.68. The lowest BCUT2D eigenvalue weighted by molar-refractivity contribution is -0.161. The van der Waals surface area contributed by atoms with Gasteiger partial charge in [0.05, 0.1) is 13.7 Å². The molecule has 6 nitrogen and oxygen atoms in total. The van der Waals surface area contributed by atoms with Gasteiger partial charge in [0.15, 0.2) is 0 Å². The summed E-state index contributed by atoms with van der Waals surface area (Å²) < 4.78 is 31.3. The first-order valence-electron chi connectivity index (χ1n) is 5.68. The fraction of sp³-hybridized carbons (Fsp3) is 0.417. The molecule has 1 saturated heterocycles. The van der Waals surface area contributed by atoms with Crippen molar-refractivity contribution in [2.75, 3.05) is 20.3 Å². The fourth-order valence-corrected chi connectivity index (χ4v) is 2.50. The van der Waals surface area contributed by atoms with Crippen molar-refractivity contribution in [1.82, 2.24) is 0 Å². The van der Waals surface area contributed by atoms with Crippen molar-refractivity contribution >= 4 is 17.3 Å². The third kappa shape index (κ3) is 2.63. The Hall–Kier alpha value is -1.44. The van der Waals surface area contributed by atoms with Crippen molar-refractivity contribution in [3.8, 4) is 5.75 Å². The second-order valence-corrected chi connectivity index (χ2v) is 4.64. The SMILES string of the molecule is CCOC(=O)[C@]1(c2ccc(OC)cc2)COS(=O)O1. The van der Waals surface area contributed by atoms with Gasteiger partial charge in [-0.25, -0.2) is 8.98 Å². The molecule has 0 amide bonds. The maximum atomic E-state index is 12.1. The molecule has 1 fully saturated rings. The Kier molecular flexibility index (Phi) is 4.18. The molecule has 0 bridgehead atoms. The van der Waals surface area contributed by atoms with Gasteiger partial charge in [-0.15, -0.1) is 0 Å². The second-order valence-electron chi connectivity index (χ2n) is 3.83. The highest BCUT2D eigenvalue weighted by Gasteiger charge is 2.51. The minimum atomic E-state index is -1.96. The van der Waals surface area contributed by atoms with E-state index in [0.717, 1.165) is 0 Å². The number of hydrogen-bond donors (Lipinski definition) is 0. The Bertz CT molecular complexity index is 485. The zero-order valence-corrected chi connectivity index (χ0v) is 11.4. The van der Waals surface area contributed by atoms with Crippen LogP contribution in [0.4, 0.5) is 0 Å². The number of methoxy groups -OCH3 is 1. The Morgan fingerprint density at radius 2 is 2.11 bits per heavy atom. The van der Waals surface area contributed by atoms with Crippen LogP contribution in [0.5, 0.6) is 5.75 Å². The van der Waals surface area contributed by atoms with Crippen LogP contribution in [0.2, 0.25) is 0 Å². The average Bonchev–Trinajstić information content (AvgIpc) is 2.83. The molecule has 1 heterocycles. The molecule has 0 radical (unpaired) electrons. The van der Waals surface area contributed by atoms with E-state index in [1.807, 2.05) is 0 Å². The predicted molar refractivity (Wildman–Crippen MR) is 66.5 cm³/mol. The van der Waals surface area contributed by atoms with Crippen molar-refractivity contribution in [3.05, 3.63) is 29.8 Å². The van der Waals surface area contributed by atoms with E-state index in [-0.39, 0.29) is 13.2 Å². The molecule has 2 atom stereocenters. The normalized spacial score (nSPS) is 26.1. The van der Waals surface area contributed by atoms with Gasteiger partial charge in [-0.05, 0) is 24.6 Å². The van der Waals surface area contributed by atoms with Gasteiger partial charge in [-0.2, -0.15) is 4.21 Å². The molecule has 0 saturated carbocycles. The molecule has 0 aromatic heterocycles. The number of rotatable bonds is 4. The molecule has 1 aromatic rings. The average molecular weight is 286 g/mol. The van der Waals surface area contributed by atoms with E-state index in [4.69, 9.17) is 17.8 Å². The van der Waals surface area contributed by atoms with Gasteiger partial charge in [0.2, 0.25) is 5.60 Å². The lowest BCUT2D eigenvalue weighted by Gasteiger charge is -2.22. The third-order valence-corrected chi connectivity index (χ3v) is 3.46. The Morgan fingerprint density at radius 3 is 2.58 bits per heavy atom. The van der Waals surface area contributed by atoms with Crippen LogP contribution in [-0.4, -0.2) is 30.5 Å². The van der Waals surface area contributed by atoms with Crippen LogP contribution in [0.3, 0.4) is 0 Å². The highest BCUT2D eigenvalue weighted by molar-refractivity contribution is 7.75. The van der Waals surface area contributed by atoms with Gasteiger partial charge in [0.1, 0.15) is 12.4 Å². The first kappa shape index (κ1) is 14.0. The molecule has 1 unspecified atom stereocenters. The Balaban J connectivity index is 2.36. The summed E-state index contributed by atoms with van der Waals surface area (Å²) in [7, 11) is 1.54. The van der Waals surface area contributed by atoms with Gasteiger partial charge < -0.3 is 9.47 Å². The largest absolute Gasteiger partial charge is 0.497 e. The molecule has 0 aliphatic carbocycles. The van der Waals surface area contributed by atoms with Gasteiger partial charge in [0.25, 0.3) is 0 Å². The summed E-state index contributed by atoms with van der Waals surface area (Å²) in [6.45, 7) is 1.74. The van der Waals surface area contributed by atoms with Crippen LogP contribution in [0.1, 0.15) is 12.5 Å². The lowest BCUT2D eigenvalue weighted by atomic mass is 9.95. The van der Waals surface area contributed by atoms with Gasteiger partial charge in [-0.3, -0.25) is 4.18 Å². The fourth-order valence-electron chi connectivity index (χ4n) is 1.75. The number of carbonyl (C=O) groups excluding carboxylic acids is 1. The summed E-state index contributed by atoms with van der Waals surface area (Å²) in [5.41, 5.74) is -0.967. The zero-order valence-electron chi connectivity index (χ0n) is 10.6. The topological polar surface area (TPSA) is 71.1 Å². The summed E-state index contributed by atoms with van der Waals surface area (Å²) in [5, 5.41) is 0. The minimum Gasteiger partial charge on any atom is -0.497 e. The third-order valence-electron chi connectivity index (χ3n) is 2.73. The highest BCUT2D eigenvalue weighted by atomic mass is 32.2. The van der Waals surface area contributed by atoms with Crippen LogP contribution in [0.25, 0.3) is 0 Å². The molecule has 104 valence electrons. The number of ether oxygens (including phenoxy) is 2. The monoisotopic (exact) mass is 286 g/mol. The van der Waals surface area contributed by atoms with E-state index in [2.05, 4.69) is 0 Å². The van der Waals surface area contributed by atoms with E-state index in [0.29, 0.717) is 11.3 Å². The summed E-state index contributed by atoms with van der Waals surface area (Å²) in [6.07, 6.45) is 0. The van der Waals surface area contributed by atoms with E-state index in [9.17, 15) is 9.00 Å². The Morgan fingerprint density at radius 1 is 1.42 bits per heavy atom. The molecule has 1 aromatic carbocycles. The maximum absolute atomic E-state index is 12.1. The summed E-state index contributed by atoms with van der Waals surface area (Å²) in [6, 6.07) is 6.67. The molecule has 1 aliphatic heterocycles. The van der Waals surface area contributed by atoms with E-state index in [1.54, 1.807) is 38.3 Å². The highest BCUT2D eigenvalue weighted by Crippen LogP contribution is 2.35. The first-order valence-corrected chi connectivity index (χ1v) is 6.68. The van der Waals surface area contributed by atoms with Gasteiger partial charge in [0, 0.05) is 0 Å².